The van der Waals surface area contributed by atoms with Gasteiger partial charge in [-0.1, -0.05) is 46.0 Å². The highest BCUT2D eigenvalue weighted by molar-refractivity contribution is 9.10. The molecule has 0 unspecified atom stereocenters. The zero-order valence-corrected chi connectivity index (χ0v) is 15.1. The summed E-state index contributed by atoms with van der Waals surface area (Å²) in [5.41, 5.74) is 0.118. The summed E-state index contributed by atoms with van der Waals surface area (Å²) < 4.78 is 14.8. The van der Waals surface area contributed by atoms with E-state index in [1.165, 1.54) is 23.5 Å². The minimum Gasteiger partial charge on any atom is -0.323 e. The molecule has 23 heavy (non-hydrogen) atoms. The van der Waals surface area contributed by atoms with Crippen LogP contribution in [0.5, 0.6) is 0 Å². The third-order valence-corrected chi connectivity index (χ3v) is 4.97. The van der Waals surface area contributed by atoms with Crippen LogP contribution in [-0.2, 0) is 9.59 Å². The fraction of sp³-hybridized carbons (Fsp3) is 0.231. The van der Waals surface area contributed by atoms with Crippen molar-refractivity contribution < 1.29 is 14.0 Å². The van der Waals surface area contributed by atoms with E-state index in [1.807, 2.05) is 0 Å². The van der Waals surface area contributed by atoms with E-state index in [4.69, 9.17) is 0 Å². The number of halogens is 2. The van der Waals surface area contributed by atoms with Gasteiger partial charge < -0.3 is 10.6 Å². The molecule has 2 amide bonds. The maximum Gasteiger partial charge on any atom is 0.234 e. The van der Waals surface area contributed by atoms with Crippen LogP contribution in [0.2, 0.25) is 0 Å². The number of aromatic nitrogens is 2. The van der Waals surface area contributed by atoms with E-state index in [2.05, 4.69) is 36.8 Å². The normalized spacial score (nSPS) is 10.4. The number of hydrogen-bond acceptors (Lipinski definition) is 6. The Labute approximate surface area is 148 Å². The first-order valence-corrected chi connectivity index (χ1v) is 9.08. The standard InChI is InChI=1S/C13H12BrFN4O2S2/c1-2-10(20)17-12-18-19-13(23-12)22-6-11(21)16-9-4-3-7(14)5-8(9)15/h3-5H,2,6H2,1H3,(H,16,21)(H,17,18,20). The highest BCUT2D eigenvalue weighted by atomic mass is 79.9. The molecule has 0 saturated carbocycles. The Balaban J connectivity index is 1.85. The Hall–Kier alpha value is -1.52. The highest BCUT2D eigenvalue weighted by Crippen LogP contribution is 2.26. The van der Waals surface area contributed by atoms with Gasteiger partial charge in [0, 0.05) is 10.9 Å². The van der Waals surface area contributed by atoms with Gasteiger partial charge in [0.15, 0.2) is 4.34 Å². The molecule has 10 heteroatoms. The van der Waals surface area contributed by atoms with E-state index in [1.54, 1.807) is 13.0 Å². The molecule has 0 aliphatic carbocycles. The minimum atomic E-state index is -0.516. The Morgan fingerprint density at radius 1 is 1.30 bits per heavy atom. The summed E-state index contributed by atoms with van der Waals surface area (Å²) in [6, 6.07) is 4.39. The number of amides is 2. The van der Waals surface area contributed by atoms with Gasteiger partial charge in [0.05, 0.1) is 11.4 Å². The van der Waals surface area contributed by atoms with Crippen molar-refractivity contribution in [1.82, 2.24) is 10.2 Å². The van der Waals surface area contributed by atoms with Crippen molar-refractivity contribution in [2.45, 2.75) is 17.7 Å². The second-order valence-electron chi connectivity index (χ2n) is 4.24. The van der Waals surface area contributed by atoms with Crippen molar-refractivity contribution >= 4 is 61.7 Å². The second-order valence-corrected chi connectivity index (χ2v) is 7.35. The average Bonchev–Trinajstić information content (AvgIpc) is 2.95. The molecule has 122 valence electrons. The average molecular weight is 419 g/mol. The largest absolute Gasteiger partial charge is 0.323 e. The van der Waals surface area contributed by atoms with E-state index < -0.39 is 5.82 Å². The zero-order chi connectivity index (χ0) is 16.8. The second kappa shape index (κ2) is 8.37. The Bertz CT molecular complexity index is 726. The van der Waals surface area contributed by atoms with Gasteiger partial charge in [-0.3, -0.25) is 9.59 Å². The first-order valence-electron chi connectivity index (χ1n) is 6.49. The first-order chi connectivity index (χ1) is 11.0. The number of carbonyl (C=O) groups excluding carboxylic acids is 2. The van der Waals surface area contributed by atoms with Crippen molar-refractivity contribution in [2.75, 3.05) is 16.4 Å². The smallest absolute Gasteiger partial charge is 0.234 e. The van der Waals surface area contributed by atoms with E-state index in [-0.39, 0.29) is 23.3 Å². The maximum atomic E-state index is 13.6. The third kappa shape index (κ3) is 5.56. The van der Waals surface area contributed by atoms with Gasteiger partial charge >= 0.3 is 0 Å². The molecule has 0 aliphatic heterocycles. The predicted octanol–water partition coefficient (Wildman–Crippen LogP) is 3.52. The molecule has 0 spiro atoms. The number of hydrogen-bond donors (Lipinski definition) is 2. The van der Waals surface area contributed by atoms with Crippen LogP contribution in [0.4, 0.5) is 15.2 Å². The van der Waals surface area contributed by atoms with Crippen molar-refractivity contribution in [3.05, 3.63) is 28.5 Å². The number of carbonyl (C=O) groups is 2. The Morgan fingerprint density at radius 2 is 2.09 bits per heavy atom. The van der Waals surface area contributed by atoms with E-state index in [0.29, 0.717) is 20.4 Å². The van der Waals surface area contributed by atoms with Gasteiger partial charge in [-0.2, -0.15) is 0 Å². The zero-order valence-electron chi connectivity index (χ0n) is 11.9. The third-order valence-electron chi connectivity index (χ3n) is 2.51. The molecule has 0 aliphatic rings. The molecular formula is C13H12BrFN4O2S2. The molecule has 0 atom stereocenters. The van der Waals surface area contributed by atoms with Gasteiger partial charge in [-0.05, 0) is 18.2 Å². The summed E-state index contributed by atoms with van der Waals surface area (Å²) >= 11 is 5.49. The SMILES string of the molecule is CCC(=O)Nc1nnc(SCC(=O)Nc2ccc(Br)cc2F)s1. The van der Waals surface area contributed by atoms with Crippen LogP contribution < -0.4 is 10.6 Å². The maximum absolute atomic E-state index is 13.6. The molecule has 0 saturated heterocycles. The molecule has 0 fully saturated rings. The molecular weight excluding hydrogens is 407 g/mol. The lowest BCUT2D eigenvalue weighted by molar-refractivity contribution is -0.116. The van der Waals surface area contributed by atoms with Crippen LogP contribution in [-0.4, -0.2) is 27.8 Å². The summed E-state index contributed by atoms with van der Waals surface area (Å²) in [7, 11) is 0. The fourth-order valence-corrected chi connectivity index (χ4v) is 3.33. The summed E-state index contributed by atoms with van der Waals surface area (Å²) in [6.45, 7) is 1.73. The molecule has 2 aromatic rings. The molecule has 0 bridgehead atoms. The molecule has 1 heterocycles. The van der Waals surface area contributed by atoms with Gasteiger partial charge in [0.25, 0.3) is 0 Å². The lowest BCUT2D eigenvalue weighted by Crippen LogP contribution is -2.14. The van der Waals surface area contributed by atoms with Crippen LogP contribution in [0.1, 0.15) is 13.3 Å². The number of nitrogens with one attached hydrogen (secondary N) is 2. The molecule has 1 aromatic carbocycles. The van der Waals surface area contributed by atoms with E-state index in [9.17, 15) is 14.0 Å². The summed E-state index contributed by atoms with van der Waals surface area (Å²) in [5.74, 6) is -0.962. The van der Waals surface area contributed by atoms with Gasteiger partial charge in [0.1, 0.15) is 5.82 Å². The van der Waals surface area contributed by atoms with Crippen molar-refractivity contribution in [3.8, 4) is 0 Å². The topological polar surface area (TPSA) is 84.0 Å². The molecule has 1 aromatic heterocycles. The molecule has 6 nitrogen and oxygen atoms in total. The predicted molar refractivity (Wildman–Crippen MR) is 92.3 cm³/mol. The number of nitrogens with zero attached hydrogens (tertiary/aromatic N) is 2. The highest BCUT2D eigenvalue weighted by Gasteiger charge is 2.11. The Kier molecular flexibility index (Phi) is 6.48. The summed E-state index contributed by atoms with van der Waals surface area (Å²) in [5, 5.41) is 13.1. The van der Waals surface area contributed by atoms with Crippen LogP contribution >= 0.6 is 39.0 Å². The van der Waals surface area contributed by atoms with Crippen molar-refractivity contribution in [3.63, 3.8) is 0 Å². The van der Waals surface area contributed by atoms with E-state index in [0.717, 1.165) is 11.8 Å². The van der Waals surface area contributed by atoms with Crippen LogP contribution in [0, 0.1) is 5.82 Å². The summed E-state index contributed by atoms with van der Waals surface area (Å²) in [6.07, 6.45) is 0.350. The van der Waals surface area contributed by atoms with Crippen molar-refractivity contribution in [2.24, 2.45) is 0 Å². The van der Waals surface area contributed by atoms with E-state index >= 15 is 0 Å². The fourth-order valence-electron chi connectivity index (χ4n) is 1.43. The minimum absolute atomic E-state index is 0.0614. The number of anilines is 2. The molecule has 2 N–H and O–H groups in total. The Morgan fingerprint density at radius 3 is 2.78 bits per heavy atom. The molecule has 0 radical (unpaired) electrons. The lowest BCUT2D eigenvalue weighted by Gasteiger charge is -2.05. The number of rotatable bonds is 6. The van der Waals surface area contributed by atoms with Crippen LogP contribution in [0.25, 0.3) is 0 Å². The van der Waals surface area contributed by atoms with Gasteiger partial charge in [-0.15, -0.1) is 10.2 Å². The van der Waals surface area contributed by atoms with Gasteiger partial charge in [0.2, 0.25) is 16.9 Å². The van der Waals surface area contributed by atoms with Crippen LogP contribution in [0.15, 0.2) is 27.0 Å². The quantitative estimate of drug-likeness (QED) is 0.553. The van der Waals surface area contributed by atoms with Crippen LogP contribution in [0.3, 0.4) is 0 Å². The summed E-state index contributed by atoms with van der Waals surface area (Å²) in [4.78, 5) is 23.1. The molecule has 2 rings (SSSR count). The van der Waals surface area contributed by atoms with Crippen molar-refractivity contribution in [1.29, 1.82) is 0 Å². The first kappa shape index (κ1) is 17.8. The number of benzene rings is 1. The monoisotopic (exact) mass is 418 g/mol. The lowest BCUT2D eigenvalue weighted by atomic mass is 10.3. The number of thioether (sulfide) groups is 1. The van der Waals surface area contributed by atoms with Gasteiger partial charge in [-0.25, -0.2) is 4.39 Å².